The molecule has 110 valence electrons. The van der Waals surface area contributed by atoms with Crippen molar-refractivity contribution in [2.75, 3.05) is 26.7 Å². The van der Waals surface area contributed by atoms with E-state index in [-0.39, 0.29) is 24.9 Å². The second kappa shape index (κ2) is 8.71. The lowest BCUT2D eigenvalue weighted by molar-refractivity contribution is -0.126. The Bertz CT molecular complexity index is 448. The number of hydrogen-bond donors (Lipinski definition) is 2. The van der Waals surface area contributed by atoms with Gasteiger partial charge >= 0.3 is 0 Å². The molecule has 1 aromatic carbocycles. The molecule has 20 heavy (non-hydrogen) atoms. The second-order valence-electron chi connectivity index (χ2n) is 4.53. The molecule has 0 bridgehead atoms. The standard InChI is InChI=1S/C14H20BrN3O2/c1-3-16-13(19)8-17-14(20)10-18(2)9-11-4-6-12(15)7-5-11/h4-7H,3,8-10H2,1-2H3,(H,16,19)(H,17,20). The zero-order chi connectivity index (χ0) is 15.0. The quantitative estimate of drug-likeness (QED) is 0.781. The highest BCUT2D eigenvalue weighted by atomic mass is 79.9. The molecule has 1 rings (SSSR count). The van der Waals surface area contributed by atoms with Gasteiger partial charge in [-0.3, -0.25) is 14.5 Å². The fourth-order valence-corrected chi connectivity index (χ4v) is 1.96. The third-order valence-corrected chi connectivity index (χ3v) is 3.13. The third-order valence-electron chi connectivity index (χ3n) is 2.60. The summed E-state index contributed by atoms with van der Waals surface area (Å²) < 4.78 is 1.03. The Labute approximate surface area is 127 Å². The van der Waals surface area contributed by atoms with E-state index >= 15 is 0 Å². The number of hydrogen-bond acceptors (Lipinski definition) is 3. The van der Waals surface area contributed by atoms with Crippen LogP contribution in [0.4, 0.5) is 0 Å². The van der Waals surface area contributed by atoms with Gasteiger partial charge in [-0.1, -0.05) is 28.1 Å². The van der Waals surface area contributed by atoms with Crippen LogP contribution >= 0.6 is 15.9 Å². The van der Waals surface area contributed by atoms with Crippen molar-refractivity contribution in [3.63, 3.8) is 0 Å². The molecule has 0 unspecified atom stereocenters. The van der Waals surface area contributed by atoms with Gasteiger partial charge in [0.25, 0.3) is 0 Å². The topological polar surface area (TPSA) is 61.4 Å². The molecule has 0 aliphatic carbocycles. The van der Waals surface area contributed by atoms with E-state index in [1.165, 1.54) is 0 Å². The molecule has 0 saturated heterocycles. The van der Waals surface area contributed by atoms with Crippen LogP contribution in [0.5, 0.6) is 0 Å². The van der Waals surface area contributed by atoms with Gasteiger partial charge in [0.2, 0.25) is 11.8 Å². The molecule has 0 saturated carbocycles. The van der Waals surface area contributed by atoms with E-state index in [1.54, 1.807) is 0 Å². The highest BCUT2D eigenvalue weighted by molar-refractivity contribution is 9.10. The summed E-state index contributed by atoms with van der Waals surface area (Å²) in [5.74, 6) is -0.327. The molecule has 0 aliphatic heterocycles. The molecule has 0 aliphatic rings. The van der Waals surface area contributed by atoms with E-state index < -0.39 is 0 Å². The van der Waals surface area contributed by atoms with Crippen LogP contribution < -0.4 is 10.6 Å². The first-order valence-electron chi connectivity index (χ1n) is 6.47. The largest absolute Gasteiger partial charge is 0.355 e. The smallest absolute Gasteiger partial charge is 0.239 e. The lowest BCUT2D eigenvalue weighted by Gasteiger charge is -2.16. The van der Waals surface area contributed by atoms with Crippen molar-refractivity contribution in [1.29, 1.82) is 0 Å². The van der Waals surface area contributed by atoms with Gasteiger partial charge in [-0.05, 0) is 31.7 Å². The van der Waals surface area contributed by atoms with Crippen molar-refractivity contribution in [2.24, 2.45) is 0 Å². The maximum atomic E-state index is 11.7. The van der Waals surface area contributed by atoms with Crippen LogP contribution in [0.3, 0.4) is 0 Å². The Morgan fingerprint density at radius 2 is 1.80 bits per heavy atom. The lowest BCUT2D eigenvalue weighted by Crippen LogP contribution is -2.41. The van der Waals surface area contributed by atoms with E-state index in [1.807, 2.05) is 43.1 Å². The number of carbonyl (C=O) groups excluding carboxylic acids is 2. The molecule has 0 aromatic heterocycles. The summed E-state index contributed by atoms with van der Waals surface area (Å²) >= 11 is 3.38. The SMILES string of the molecule is CCNC(=O)CNC(=O)CN(C)Cc1ccc(Br)cc1. The van der Waals surface area contributed by atoms with Gasteiger partial charge in [-0.25, -0.2) is 0 Å². The molecule has 2 amide bonds. The Balaban J connectivity index is 2.30. The molecule has 0 atom stereocenters. The first-order chi connectivity index (χ1) is 9.51. The number of nitrogens with one attached hydrogen (secondary N) is 2. The van der Waals surface area contributed by atoms with Crippen LogP contribution in [0.1, 0.15) is 12.5 Å². The van der Waals surface area contributed by atoms with Crippen LogP contribution in [0.2, 0.25) is 0 Å². The molecule has 5 nitrogen and oxygen atoms in total. The summed E-state index contributed by atoms with van der Waals surface area (Å²) in [5.41, 5.74) is 1.13. The summed E-state index contributed by atoms with van der Waals surface area (Å²) in [5, 5.41) is 5.22. The number of likely N-dealkylation sites (N-methyl/N-ethyl adjacent to an activating group) is 2. The number of benzene rings is 1. The zero-order valence-electron chi connectivity index (χ0n) is 11.8. The van der Waals surface area contributed by atoms with E-state index in [4.69, 9.17) is 0 Å². The monoisotopic (exact) mass is 341 g/mol. The van der Waals surface area contributed by atoms with Crippen LogP contribution in [-0.2, 0) is 16.1 Å². The molecule has 0 heterocycles. The Morgan fingerprint density at radius 1 is 1.15 bits per heavy atom. The summed E-state index contributed by atoms with van der Waals surface area (Å²) in [6.45, 7) is 3.38. The highest BCUT2D eigenvalue weighted by Gasteiger charge is 2.08. The fraction of sp³-hybridized carbons (Fsp3) is 0.429. The van der Waals surface area contributed by atoms with E-state index in [0.29, 0.717) is 13.1 Å². The molecular weight excluding hydrogens is 322 g/mol. The zero-order valence-corrected chi connectivity index (χ0v) is 13.4. The molecule has 0 radical (unpaired) electrons. The van der Waals surface area contributed by atoms with Gasteiger partial charge in [0.05, 0.1) is 13.1 Å². The van der Waals surface area contributed by atoms with Gasteiger partial charge in [-0.15, -0.1) is 0 Å². The normalized spacial score (nSPS) is 10.4. The molecule has 2 N–H and O–H groups in total. The minimum atomic E-state index is -0.170. The number of carbonyl (C=O) groups is 2. The second-order valence-corrected chi connectivity index (χ2v) is 5.44. The average Bonchev–Trinajstić information content (AvgIpc) is 2.39. The lowest BCUT2D eigenvalue weighted by atomic mass is 10.2. The molecule has 6 heteroatoms. The van der Waals surface area contributed by atoms with Crippen molar-refractivity contribution >= 4 is 27.7 Å². The molecular formula is C14H20BrN3O2. The average molecular weight is 342 g/mol. The van der Waals surface area contributed by atoms with Gasteiger partial charge < -0.3 is 10.6 Å². The van der Waals surface area contributed by atoms with E-state index in [9.17, 15) is 9.59 Å². The summed E-state index contributed by atoms with van der Waals surface area (Å²) in [6, 6.07) is 7.96. The third kappa shape index (κ3) is 6.68. The van der Waals surface area contributed by atoms with E-state index in [0.717, 1.165) is 10.0 Å². The summed E-state index contributed by atoms with van der Waals surface area (Å²) in [6.07, 6.45) is 0. The minimum absolute atomic E-state index is 0.0266. The first-order valence-corrected chi connectivity index (χ1v) is 7.27. The van der Waals surface area contributed by atoms with Crippen molar-refractivity contribution in [3.8, 4) is 0 Å². The Morgan fingerprint density at radius 3 is 2.40 bits per heavy atom. The molecule has 1 aromatic rings. The molecule has 0 spiro atoms. The van der Waals surface area contributed by atoms with Crippen molar-refractivity contribution < 1.29 is 9.59 Å². The number of amides is 2. The van der Waals surface area contributed by atoms with Crippen molar-refractivity contribution in [3.05, 3.63) is 34.3 Å². The van der Waals surface area contributed by atoms with Gasteiger partial charge in [0, 0.05) is 17.6 Å². The predicted octanol–water partition coefficient (Wildman–Crippen LogP) is 1.13. The first kappa shape index (κ1) is 16.7. The van der Waals surface area contributed by atoms with Crippen LogP contribution in [0.15, 0.2) is 28.7 Å². The van der Waals surface area contributed by atoms with E-state index in [2.05, 4.69) is 26.6 Å². The Kier molecular flexibility index (Phi) is 7.25. The maximum Gasteiger partial charge on any atom is 0.239 e. The fourth-order valence-electron chi connectivity index (χ4n) is 1.70. The highest BCUT2D eigenvalue weighted by Crippen LogP contribution is 2.11. The number of rotatable bonds is 7. The predicted molar refractivity (Wildman–Crippen MR) is 82.2 cm³/mol. The number of nitrogens with zero attached hydrogens (tertiary/aromatic N) is 1. The summed E-state index contributed by atoms with van der Waals surface area (Å²) in [7, 11) is 1.87. The minimum Gasteiger partial charge on any atom is -0.355 e. The van der Waals surface area contributed by atoms with Gasteiger partial charge in [0.15, 0.2) is 0 Å². The number of halogens is 1. The summed E-state index contributed by atoms with van der Waals surface area (Å²) in [4.78, 5) is 24.8. The van der Waals surface area contributed by atoms with Gasteiger partial charge in [0.1, 0.15) is 0 Å². The van der Waals surface area contributed by atoms with Crippen LogP contribution in [0, 0.1) is 0 Å². The maximum absolute atomic E-state index is 11.7. The van der Waals surface area contributed by atoms with Crippen molar-refractivity contribution in [1.82, 2.24) is 15.5 Å². The molecule has 0 fully saturated rings. The Hall–Kier alpha value is -1.40. The van der Waals surface area contributed by atoms with Crippen LogP contribution in [0.25, 0.3) is 0 Å². The van der Waals surface area contributed by atoms with Crippen LogP contribution in [-0.4, -0.2) is 43.4 Å². The van der Waals surface area contributed by atoms with Gasteiger partial charge in [-0.2, -0.15) is 0 Å². The van der Waals surface area contributed by atoms with Crippen molar-refractivity contribution in [2.45, 2.75) is 13.5 Å².